The van der Waals surface area contributed by atoms with Crippen molar-refractivity contribution in [3.05, 3.63) is 71.9 Å². The number of piperidine rings is 3. The van der Waals surface area contributed by atoms with Gasteiger partial charge in [0.1, 0.15) is 11.9 Å². The van der Waals surface area contributed by atoms with E-state index >= 15 is 0 Å². The molecule has 5 heteroatoms. The van der Waals surface area contributed by atoms with Crippen LogP contribution in [-0.4, -0.2) is 41.1 Å². The minimum absolute atomic E-state index is 0.138. The predicted molar refractivity (Wildman–Crippen MR) is 140 cm³/mol. The van der Waals surface area contributed by atoms with E-state index < -0.39 is 0 Å². The molecule has 3 fully saturated rings. The molecule has 3 aliphatic heterocycles. The second kappa shape index (κ2) is 9.12. The van der Waals surface area contributed by atoms with E-state index in [2.05, 4.69) is 60.1 Å². The Morgan fingerprint density at radius 3 is 2.74 bits per heavy atom. The molecule has 180 valence electrons. The van der Waals surface area contributed by atoms with Gasteiger partial charge in [-0.05, 0) is 74.0 Å². The summed E-state index contributed by atoms with van der Waals surface area (Å²) in [5.74, 6) is 3.07. The van der Waals surface area contributed by atoms with Crippen LogP contribution in [0.2, 0.25) is 0 Å². The maximum atomic E-state index is 6.91. The molecule has 0 N–H and O–H groups in total. The van der Waals surface area contributed by atoms with Gasteiger partial charge < -0.3 is 9.47 Å². The van der Waals surface area contributed by atoms with Crippen molar-refractivity contribution >= 4 is 21.8 Å². The number of nitrogens with zero attached hydrogens (tertiary/aromatic N) is 3. The highest BCUT2D eigenvalue weighted by atomic mass is 16.5. The highest BCUT2D eigenvalue weighted by Gasteiger charge is 2.44. The average Bonchev–Trinajstić information content (AvgIpc) is 2.91. The Hall–Kier alpha value is -3.18. The minimum atomic E-state index is -0.138. The second-order valence-electron chi connectivity index (χ2n) is 10.1. The fraction of sp³-hybridized carbons (Fsp3) is 0.400. The maximum Gasteiger partial charge on any atom is 0.214 e. The lowest BCUT2D eigenvalue weighted by molar-refractivity contribution is -0.0492. The van der Waals surface area contributed by atoms with Crippen LogP contribution in [0.15, 0.2) is 60.8 Å². The quantitative estimate of drug-likeness (QED) is 0.331. The van der Waals surface area contributed by atoms with Gasteiger partial charge >= 0.3 is 0 Å². The van der Waals surface area contributed by atoms with E-state index in [0.717, 1.165) is 59.1 Å². The fourth-order valence-electron chi connectivity index (χ4n) is 6.34. The van der Waals surface area contributed by atoms with Gasteiger partial charge in [-0.3, -0.25) is 9.88 Å². The molecule has 0 amide bonds. The lowest BCUT2D eigenvalue weighted by Crippen LogP contribution is -2.56. The molecule has 0 spiro atoms. The summed E-state index contributed by atoms with van der Waals surface area (Å²) in [6, 6.07) is 18.9. The van der Waals surface area contributed by atoms with Crippen LogP contribution in [0.1, 0.15) is 43.4 Å². The van der Waals surface area contributed by atoms with E-state index in [1.165, 1.54) is 23.8 Å². The molecule has 0 radical (unpaired) electrons. The molecule has 2 bridgehead atoms. The Bertz CT molecular complexity index is 1370. The highest BCUT2D eigenvalue weighted by molar-refractivity contribution is 5.84. The molecule has 7 rings (SSSR count). The molecule has 35 heavy (non-hydrogen) atoms. The zero-order valence-electron chi connectivity index (χ0n) is 20.8. The normalized spacial score (nSPS) is 24.5. The van der Waals surface area contributed by atoms with Crippen LogP contribution < -0.4 is 9.47 Å². The molecule has 2 aromatic heterocycles. The summed E-state index contributed by atoms with van der Waals surface area (Å²) in [5, 5.41) is 2.26. The number of aromatic nitrogens is 2. The molecular formula is C30H33N3O2. The lowest BCUT2D eigenvalue weighted by Gasteiger charge is -2.51. The third-order valence-corrected chi connectivity index (χ3v) is 8.25. The van der Waals surface area contributed by atoms with Gasteiger partial charge in [-0.25, -0.2) is 4.98 Å². The topological polar surface area (TPSA) is 47.5 Å². The number of ether oxygens (including phenoxy) is 2. The Labute approximate surface area is 207 Å². The monoisotopic (exact) mass is 467 g/mol. The van der Waals surface area contributed by atoms with Gasteiger partial charge in [-0.15, -0.1) is 0 Å². The molecule has 5 atom stereocenters. The maximum absolute atomic E-state index is 6.91. The molecular weight excluding hydrogens is 434 g/mol. The van der Waals surface area contributed by atoms with Crippen molar-refractivity contribution in [2.45, 2.75) is 45.3 Å². The highest BCUT2D eigenvalue weighted by Crippen LogP contribution is 2.44. The van der Waals surface area contributed by atoms with E-state index in [-0.39, 0.29) is 6.10 Å². The number of methoxy groups -OCH3 is 1. The Kier molecular flexibility index (Phi) is 5.81. The van der Waals surface area contributed by atoms with Crippen molar-refractivity contribution in [3.63, 3.8) is 0 Å². The minimum Gasteiger partial charge on any atom is -0.497 e. The number of fused-ring (bicyclic) bond motifs is 5. The first-order valence-corrected chi connectivity index (χ1v) is 12.8. The molecule has 0 aliphatic carbocycles. The van der Waals surface area contributed by atoms with Crippen LogP contribution >= 0.6 is 0 Å². The third kappa shape index (κ3) is 4.02. The van der Waals surface area contributed by atoms with E-state index in [9.17, 15) is 0 Å². The molecule has 0 saturated carbocycles. The Morgan fingerprint density at radius 2 is 1.94 bits per heavy atom. The predicted octanol–water partition coefficient (Wildman–Crippen LogP) is 6.34. The smallest absolute Gasteiger partial charge is 0.214 e. The summed E-state index contributed by atoms with van der Waals surface area (Å²) in [6.45, 7) is 6.76. The van der Waals surface area contributed by atoms with Crippen LogP contribution in [0.3, 0.4) is 0 Å². The van der Waals surface area contributed by atoms with Gasteiger partial charge in [-0.1, -0.05) is 31.5 Å². The number of hydrogen-bond acceptors (Lipinski definition) is 5. The van der Waals surface area contributed by atoms with Crippen molar-refractivity contribution in [1.29, 1.82) is 0 Å². The van der Waals surface area contributed by atoms with Crippen molar-refractivity contribution in [1.82, 2.24) is 14.9 Å². The molecule has 4 aromatic rings. The number of pyridine rings is 2. The molecule has 3 saturated heterocycles. The van der Waals surface area contributed by atoms with Crippen molar-refractivity contribution in [2.24, 2.45) is 11.8 Å². The fourth-order valence-corrected chi connectivity index (χ4v) is 6.34. The summed E-state index contributed by atoms with van der Waals surface area (Å²) in [7, 11) is 1.71. The van der Waals surface area contributed by atoms with E-state index in [0.29, 0.717) is 11.9 Å². The third-order valence-electron chi connectivity index (χ3n) is 8.25. The van der Waals surface area contributed by atoms with Gasteiger partial charge in [0.05, 0.1) is 24.2 Å². The molecule has 5 nitrogen and oxygen atoms in total. The Balaban J connectivity index is 1.46. The van der Waals surface area contributed by atoms with Crippen LogP contribution in [0.5, 0.6) is 11.6 Å². The van der Waals surface area contributed by atoms with Crippen molar-refractivity contribution < 1.29 is 9.47 Å². The SMILES string of the molecule is CC[C@H]1CN2CC[C@H]1C[C@H]2[C@@H](Oc1cc(C)c2ccccc2n1)c1ccnc2ccc(OC)cc12. The summed E-state index contributed by atoms with van der Waals surface area (Å²) in [6.07, 6.45) is 5.47. The number of rotatable bonds is 6. The number of benzene rings is 2. The first kappa shape index (κ1) is 22.3. The standard InChI is InChI=1S/C30H33N3O2/c1-4-20-18-33-14-12-21(20)16-28(33)30(24-11-13-31-26-10-9-22(34-3)17-25(24)26)35-29-15-19(2)23-7-5-6-8-27(23)32-29/h5-11,13,15,17,20-21,28,30H,4,12,14,16,18H2,1-3H3/t20-,21-,28-,30-/m0/s1. The first-order chi connectivity index (χ1) is 17.1. The van der Waals surface area contributed by atoms with Gasteiger partial charge in [0.2, 0.25) is 5.88 Å². The largest absolute Gasteiger partial charge is 0.497 e. The molecule has 5 heterocycles. The van der Waals surface area contributed by atoms with E-state index in [4.69, 9.17) is 14.5 Å². The first-order valence-electron chi connectivity index (χ1n) is 12.8. The van der Waals surface area contributed by atoms with Crippen LogP contribution in [0, 0.1) is 18.8 Å². The van der Waals surface area contributed by atoms with E-state index in [1.54, 1.807) is 7.11 Å². The van der Waals surface area contributed by atoms with Gasteiger partial charge in [0.15, 0.2) is 0 Å². The van der Waals surface area contributed by atoms with E-state index in [1.807, 2.05) is 24.4 Å². The van der Waals surface area contributed by atoms with Gasteiger partial charge in [-0.2, -0.15) is 0 Å². The molecule has 2 aromatic carbocycles. The lowest BCUT2D eigenvalue weighted by atomic mass is 9.72. The van der Waals surface area contributed by atoms with Crippen molar-refractivity contribution in [3.8, 4) is 11.6 Å². The van der Waals surface area contributed by atoms with Crippen LogP contribution in [0.25, 0.3) is 21.8 Å². The summed E-state index contributed by atoms with van der Waals surface area (Å²) < 4.78 is 12.5. The molecule has 1 unspecified atom stereocenters. The van der Waals surface area contributed by atoms with Crippen LogP contribution in [-0.2, 0) is 0 Å². The number of para-hydroxylation sites is 1. The number of hydrogen-bond donors (Lipinski definition) is 0. The summed E-state index contributed by atoms with van der Waals surface area (Å²) in [5.41, 5.74) is 4.27. The zero-order chi connectivity index (χ0) is 23.9. The second-order valence-corrected chi connectivity index (χ2v) is 10.1. The molecule has 3 aliphatic rings. The van der Waals surface area contributed by atoms with Gasteiger partial charge in [0.25, 0.3) is 0 Å². The van der Waals surface area contributed by atoms with Crippen LogP contribution in [0.4, 0.5) is 0 Å². The zero-order valence-corrected chi connectivity index (χ0v) is 20.8. The Morgan fingerprint density at radius 1 is 1.06 bits per heavy atom. The summed E-state index contributed by atoms with van der Waals surface area (Å²) >= 11 is 0. The number of aryl methyl sites for hydroxylation is 1. The van der Waals surface area contributed by atoms with Gasteiger partial charge in [0, 0.05) is 35.1 Å². The van der Waals surface area contributed by atoms with Crippen molar-refractivity contribution in [2.75, 3.05) is 20.2 Å². The summed E-state index contributed by atoms with van der Waals surface area (Å²) in [4.78, 5) is 12.2. The average molecular weight is 468 g/mol.